The highest BCUT2D eigenvalue weighted by Gasteiger charge is 2.41. The molecule has 0 N–H and O–H groups in total. The summed E-state index contributed by atoms with van der Waals surface area (Å²) in [5, 5.41) is 12.3. The molecule has 0 spiro atoms. The predicted octanol–water partition coefficient (Wildman–Crippen LogP) is 5.43. The summed E-state index contributed by atoms with van der Waals surface area (Å²) in [5.74, 6) is -0.819. The number of amides is 1. The van der Waals surface area contributed by atoms with Gasteiger partial charge in [-0.15, -0.1) is 0 Å². The summed E-state index contributed by atoms with van der Waals surface area (Å²) in [6.07, 6.45) is 1.45. The molecule has 1 amide bonds. The number of hydrogen-bond donors (Lipinski definition) is 0. The molecule has 1 atom stereocenters. The van der Waals surface area contributed by atoms with Gasteiger partial charge >= 0.3 is 0 Å². The molecule has 148 valence electrons. The van der Waals surface area contributed by atoms with Crippen LogP contribution in [0.25, 0.3) is 0 Å². The van der Waals surface area contributed by atoms with E-state index in [0.29, 0.717) is 35.6 Å². The van der Waals surface area contributed by atoms with Crippen molar-refractivity contribution < 1.29 is 14.5 Å². The number of nitro benzene ring substituents is 1. The fraction of sp³-hybridized carbons (Fsp3) is 0.238. The van der Waals surface area contributed by atoms with Crippen LogP contribution in [0.15, 0.2) is 53.7 Å². The number of nitro groups is 1. The van der Waals surface area contributed by atoms with E-state index in [-0.39, 0.29) is 34.5 Å². The molecular formula is C21H16Cl2N2O4. The van der Waals surface area contributed by atoms with Crippen LogP contribution in [0.2, 0.25) is 10.0 Å². The molecule has 0 saturated heterocycles. The van der Waals surface area contributed by atoms with Crippen LogP contribution in [0.1, 0.15) is 37.2 Å². The molecule has 2 aromatic rings. The van der Waals surface area contributed by atoms with Crippen LogP contribution >= 0.6 is 23.2 Å². The number of carbonyl (C=O) groups excluding carboxylic acids is 2. The lowest BCUT2D eigenvalue weighted by Crippen LogP contribution is -2.40. The van der Waals surface area contributed by atoms with Gasteiger partial charge in [-0.1, -0.05) is 41.4 Å². The highest BCUT2D eigenvalue weighted by molar-refractivity contribution is 6.31. The van der Waals surface area contributed by atoms with Crippen LogP contribution in [0.3, 0.4) is 0 Å². The first-order valence-corrected chi connectivity index (χ1v) is 9.91. The molecule has 0 radical (unpaired) electrons. The van der Waals surface area contributed by atoms with Crippen LogP contribution in [-0.2, 0) is 9.59 Å². The van der Waals surface area contributed by atoms with Gasteiger partial charge in [0.05, 0.1) is 4.92 Å². The van der Waals surface area contributed by atoms with Gasteiger partial charge in [-0.25, -0.2) is 0 Å². The third kappa shape index (κ3) is 3.43. The lowest BCUT2D eigenvalue weighted by atomic mass is 9.77. The second-order valence-electron chi connectivity index (χ2n) is 7.03. The fourth-order valence-electron chi connectivity index (χ4n) is 4.13. The van der Waals surface area contributed by atoms with E-state index in [1.54, 1.807) is 12.1 Å². The van der Waals surface area contributed by atoms with E-state index in [1.807, 2.05) is 12.1 Å². The van der Waals surface area contributed by atoms with Crippen molar-refractivity contribution in [3.63, 3.8) is 0 Å². The molecule has 4 rings (SSSR count). The largest absolute Gasteiger partial charge is 0.294 e. The number of rotatable bonds is 3. The number of ketones is 1. The van der Waals surface area contributed by atoms with E-state index in [4.69, 9.17) is 23.2 Å². The third-order valence-corrected chi connectivity index (χ3v) is 5.91. The quantitative estimate of drug-likeness (QED) is 0.480. The minimum absolute atomic E-state index is 0.00802. The summed E-state index contributed by atoms with van der Waals surface area (Å²) in [6, 6.07) is 11.3. The van der Waals surface area contributed by atoms with Crippen molar-refractivity contribution in [1.29, 1.82) is 0 Å². The first-order chi connectivity index (χ1) is 13.9. The summed E-state index contributed by atoms with van der Waals surface area (Å²) in [4.78, 5) is 38.4. The Morgan fingerprint density at radius 1 is 1.07 bits per heavy atom. The molecule has 1 aliphatic carbocycles. The van der Waals surface area contributed by atoms with E-state index < -0.39 is 10.8 Å². The third-order valence-electron chi connectivity index (χ3n) is 5.33. The number of anilines is 1. The minimum atomic E-state index is -0.570. The summed E-state index contributed by atoms with van der Waals surface area (Å²) < 4.78 is 0. The Balaban J connectivity index is 1.93. The lowest BCUT2D eigenvalue weighted by molar-refractivity contribution is -0.384. The van der Waals surface area contributed by atoms with Gasteiger partial charge in [0.25, 0.3) is 5.69 Å². The van der Waals surface area contributed by atoms with E-state index in [2.05, 4.69) is 0 Å². The number of Topliss-reactive ketones (excluding diaryl/α,β-unsaturated/α-hetero) is 1. The van der Waals surface area contributed by atoms with Crippen molar-refractivity contribution in [3.05, 3.63) is 79.5 Å². The molecule has 2 aliphatic rings. The maximum atomic E-state index is 13.2. The number of nitrogens with zero attached hydrogens (tertiary/aromatic N) is 2. The van der Waals surface area contributed by atoms with Crippen LogP contribution in [0.4, 0.5) is 11.4 Å². The SMILES string of the molecule is O=C1CCCC2=C1C(c1ccccc1Cl)CC(=O)N2c1ccc(Cl)cc1[N+](=O)[O-]. The number of carbonyl (C=O) groups is 2. The van der Waals surface area contributed by atoms with E-state index in [1.165, 1.54) is 23.1 Å². The smallest absolute Gasteiger partial charge is 0.294 e. The Bertz CT molecular complexity index is 1080. The molecule has 6 nitrogen and oxygen atoms in total. The molecular weight excluding hydrogens is 415 g/mol. The molecule has 8 heteroatoms. The second kappa shape index (κ2) is 7.61. The van der Waals surface area contributed by atoms with E-state index in [0.717, 1.165) is 5.56 Å². The first-order valence-electron chi connectivity index (χ1n) is 9.16. The van der Waals surface area contributed by atoms with Crippen molar-refractivity contribution in [2.24, 2.45) is 0 Å². The van der Waals surface area contributed by atoms with Crippen LogP contribution < -0.4 is 4.90 Å². The summed E-state index contributed by atoms with van der Waals surface area (Å²) in [7, 11) is 0. The maximum Gasteiger partial charge on any atom is 0.294 e. The highest BCUT2D eigenvalue weighted by atomic mass is 35.5. The normalized spacial score (nSPS) is 19.4. The zero-order valence-electron chi connectivity index (χ0n) is 15.2. The number of hydrogen-bond acceptors (Lipinski definition) is 4. The molecule has 29 heavy (non-hydrogen) atoms. The van der Waals surface area contributed by atoms with Gasteiger partial charge in [-0.05, 0) is 36.6 Å². The lowest BCUT2D eigenvalue weighted by Gasteiger charge is -2.38. The Morgan fingerprint density at radius 2 is 1.83 bits per heavy atom. The fourth-order valence-corrected chi connectivity index (χ4v) is 4.56. The van der Waals surface area contributed by atoms with E-state index >= 15 is 0 Å². The van der Waals surface area contributed by atoms with Gasteiger partial charge in [0, 0.05) is 46.1 Å². The van der Waals surface area contributed by atoms with Gasteiger partial charge in [-0.2, -0.15) is 0 Å². The molecule has 1 unspecified atom stereocenters. The highest BCUT2D eigenvalue weighted by Crippen LogP contribution is 2.46. The predicted molar refractivity (Wildman–Crippen MR) is 110 cm³/mol. The second-order valence-corrected chi connectivity index (χ2v) is 7.88. The molecule has 0 saturated carbocycles. The molecule has 0 fully saturated rings. The average Bonchev–Trinajstić information content (AvgIpc) is 2.68. The number of benzene rings is 2. The van der Waals surface area contributed by atoms with Gasteiger partial charge < -0.3 is 0 Å². The summed E-state index contributed by atoms with van der Waals surface area (Å²) >= 11 is 12.3. The van der Waals surface area contributed by atoms with Crippen molar-refractivity contribution in [3.8, 4) is 0 Å². The van der Waals surface area contributed by atoms with Crippen LogP contribution in [0.5, 0.6) is 0 Å². The molecule has 0 aromatic heterocycles. The van der Waals surface area contributed by atoms with Crippen LogP contribution in [0, 0.1) is 10.1 Å². The average molecular weight is 431 g/mol. The minimum Gasteiger partial charge on any atom is -0.294 e. The molecule has 2 aromatic carbocycles. The standard InChI is InChI=1S/C21H16Cl2N2O4/c22-12-8-9-16(18(10-12)25(28)29)24-17-6-3-7-19(26)21(17)14(11-20(24)27)13-4-1-2-5-15(13)23/h1-2,4-5,8-10,14H,3,6-7,11H2. The molecule has 0 bridgehead atoms. The monoisotopic (exact) mass is 430 g/mol. The zero-order valence-corrected chi connectivity index (χ0v) is 16.7. The van der Waals surface area contributed by atoms with Crippen molar-refractivity contribution in [2.75, 3.05) is 4.90 Å². The van der Waals surface area contributed by atoms with Gasteiger partial charge in [0.1, 0.15) is 5.69 Å². The van der Waals surface area contributed by atoms with Gasteiger partial charge in [-0.3, -0.25) is 24.6 Å². The summed E-state index contributed by atoms with van der Waals surface area (Å²) in [6.45, 7) is 0. The van der Waals surface area contributed by atoms with Crippen molar-refractivity contribution >= 4 is 46.3 Å². The van der Waals surface area contributed by atoms with Crippen LogP contribution in [-0.4, -0.2) is 16.6 Å². The molecule has 1 aliphatic heterocycles. The summed E-state index contributed by atoms with van der Waals surface area (Å²) in [5.41, 5.74) is 1.62. The number of halogens is 2. The molecule has 1 heterocycles. The van der Waals surface area contributed by atoms with Crippen molar-refractivity contribution in [1.82, 2.24) is 0 Å². The number of allylic oxidation sites excluding steroid dienone is 2. The topological polar surface area (TPSA) is 80.5 Å². The van der Waals surface area contributed by atoms with Gasteiger partial charge in [0.2, 0.25) is 5.91 Å². The zero-order chi connectivity index (χ0) is 20.7. The van der Waals surface area contributed by atoms with Gasteiger partial charge in [0.15, 0.2) is 5.78 Å². The Morgan fingerprint density at radius 3 is 2.55 bits per heavy atom. The van der Waals surface area contributed by atoms with Crippen molar-refractivity contribution in [2.45, 2.75) is 31.6 Å². The maximum absolute atomic E-state index is 13.2. The Labute approximate surface area is 176 Å². The first kappa shape index (κ1) is 19.6. The Kier molecular flexibility index (Phi) is 5.15. The Hall–Kier alpha value is -2.70. The van der Waals surface area contributed by atoms with E-state index in [9.17, 15) is 19.7 Å².